The molecule has 0 aliphatic carbocycles. The molecule has 17 heavy (non-hydrogen) atoms. The van der Waals surface area contributed by atoms with Crippen LogP contribution < -0.4 is 5.32 Å². The Hall–Kier alpha value is -1.08. The van der Waals surface area contributed by atoms with Gasteiger partial charge in [-0.15, -0.1) is 12.4 Å². The van der Waals surface area contributed by atoms with Gasteiger partial charge in [0, 0.05) is 32.2 Å². The van der Waals surface area contributed by atoms with E-state index in [9.17, 15) is 0 Å². The van der Waals surface area contributed by atoms with Crippen molar-refractivity contribution in [1.29, 1.82) is 5.26 Å². The fourth-order valence-corrected chi connectivity index (χ4v) is 2.04. The number of nitriles is 1. The molecule has 0 bridgehead atoms. The Labute approximate surface area is 109 Å². The lowest BCUT2D eigenvalue weighted by molar-refractivity contribution is 0.165. The van der Waals surface area contributed by atoms with E-state index in [1.807, 2.05) is 24.3 Å². The van der Waals surface area contributed by atoms with Crippen LogP contribution in [0.4, 0.5) is 0 Å². The summed E-state index contributed by atoms with van der Waals surface area (Å²) in [6, 6.07) is 10.6. The summed E-state index contributed by atoms with van der Waals surface area (Å²) in [5.41, 5.74) is 2.02. The molecule has 0 spiro atoms. The van der Waals surface area contributed by atoms with Crippen molar-refractivity contribution in [3.63, 3.8) is 0 Å². The lowest BCUT2D eigenvalue weighted by Gasteiger charge is -2.33. The van der Waals surface area contributed by atoms with Gasteiger partial charge in [0.25, 0.3) is 0 Å². The minimum Gasteiger partial charge on any atom is -0.314 e. The first-order valence-corrected chi connectivity index (χ1v) is 5.73. The summed E-state index contributed by atoms with van der Waals surface area (Å²) in [5.74, 6) is 0. The SMILES string of the molecule is C[C@H]1CNCCN1Cc1ccc(C#N)cc1.Cl. The molecule has 1 aromatic rings. The van der Waals surface area contributed by atoms with E-state index in [4.69, 9.17) is 5.26 Å². The standard InChI is InChI=1S/C13H17N3.ClH/c1-11-9-15-6-7-16(11)10-13-4-2-12(8-14)3-5-13;/h2-5,11,15H,6-7,9-10H2,1H3;1H/t11-;/m0./s1. The molecule has 0 radical (unpaired) electrons. The maximum Gasteiger partial charge on any atom is 0.0991 e. The van der Waals surface area contributed by atoms with Crippen molar-refractivity contribution in [2.45, 2.75) is 19.5 Å². The quantitative estimate of drug-likeness (QED) is 0.871. The van der Waals surface area contributed by atoms with Crippen LogP contribution >= 0.6 is 12.4 Å². The second-order valence-electron chi connectivity index (χ2n) is 4.33. The highest BCUT2D eigenvalue weighted by atomic mass is 35.5. The van der Waals surface area contributed by atoms with Crippen molar-refractivity contribution in [2.75, 3.05) is 19.6 Å². The number of hydrogen-bond donors (Lipinski definition) is 1. The molecule has 1 aliphatic heterocycles. The van der Waals surface area contributed by atoms with Gasteiger partial charge in [-0.3, -0.25) is 4.90 Å². The summed E-state index contributed by atoms with van der Waals surface area (Å²) in [4.78, 5) is 2.47. The summed E-state index contributed by atoms with van der Waals surface area (Å²) in [7, 11) is 0. The number of nitrogens with zero attached hydrogens (tertiary/aromatic N) is 2. The van der Waals surface area contributed by atoms with Gasteiger partial charge in [0.1, 0.15) is 0 Å². The monoisotopic (exact) mass is 251 g/mol. The number of piperazine rings is 1. The van der Waals surface area contributed by atoms with Crippen LogP contribution in [-0.4, -0.2) is 30.6 Å². The molecule has 0 unspecified atom stereocenters. The molecule has 92 valence electrons. The molecule has 1 fully saturated rings. The van der Waals surface area contributed by atoms with E-state index in [1.165, 1.54) is 5.56 Å². The normalized spacial score (nSPS) is 20.4. The van der Waals surface area contributed by atoms with Gasteiger partial charge >= 0.3 is 0 Å². The zero-order chi connectivity index (χ0) is 11.4. The molecule has 1 aromatic carbocycles. The maximum atomic E-state index is 8.72. The van der Waals surface area contributed by atoms with Gasteiger partial charge in [-0.25, -0.2) is 0 Å². The van der Waals surface area contributed by atoms with Crippen molar-refractivity contribution < 1.29 is 0 Å². The molecular weight excluding hydrogens is 234 g/mol. The van der Waals surface area contributed by atoms with Crippen LogP contribution in [-0.2, 0) is 6.54 Å². The molecule has 3 nitrogen and oxygen atoms in total. The Morgan fingerprint density at radius 3 is 2.71 bits per heavy atom. The minimum atomic E-state index is 0. The zero-order valence-electron chi connectivity index (χ0n) is 10.0. The van der Waals surface area contributed by atoms with E-state index in [-0.39, 0.29) is 12.4 Å². The second-order valence-corrected chi connectivity index (χ2v) is 4.33. The molecule has 1 heterocycles. The van der Waals surface area contributed by atoms with E-state index in [2.05, 4.69) is 23.2 Å². The predicted molar refractivity (Wildman–Crippen MR) is 71.1 cm³/mol. The fourth-order valence-electron chi connectivity index (χ4n) is 2.04. The summed E-state index contributed by atoms with van der Waals surface area (Å²) in [5, 5.41) is 12.1. The Morgan fingerprint density at radius 2 is 2.12 bits per heavy atom. The zero-order valence-corrected chi connectivity index (χ0v) is 10.8. The molecule has 1 aliphatic rings. The number of benzene rings is 1. The molecule has 4 heteroatoms. The van der Waals surface area contributed by atoms with Crippen LogP contribution in [0.2, 0.25) is 0 Å². The highest BCUT2D eigenvalue weighted by molar-refractivity contribution is 5.85. The van der Waals surface area contributed by atoms with E-state index in [0.717, 1.165) is 31.7 Å². The molecule has 0 aromatic heterocycles. The summed E-state index contributed by atoms with van der Waals surface area (Å²) in [6.07, 6.45) is 0. The van der Waals surface area contributed by atoms with Gasteiger partial charge in [-0.2, -0.15) is 5.26 Å². The van der Waals surface area contributed by atoms with Crippen molar-refractivity contribution in [3.8, 4) is 6.07 Å². The number of rotatable bonds is 2. The average Bonchev–Trinajstić information content (AvgIpc) is 2.33. The molecule has 1 saturated heterocycles. The van der Waals surface area contributed by atoms with Gasteiger partial charge < -0.3 is 5.32 Å². The molecule has 0 saturated carbocycles. The van der Waals surface area contributed by atoms with Crippen molar-refractivity contribution in [2.24, 2.45) is 0 Å². The highest BCUT2D eigenvalue weighted by Gasteiger charge is 2.17. The summed E-state index contributed by atoms with van der Waals surface area (Å²) < 4.78 is 0. The fraction of sp³-hybridized carbons (Fsp3) is 0.462. The highest BCUT2D eigenvalue weighted by Crippen LogP contribution is 2.10. The Kier molecular flexibility index (Phi) is 5.43. The average molecular weight is 252 g/mol. The van der Waals surface area contributed by atoms with Gasteiger partial charge in [0.15, 0.2) is 0 Å². The van der Waals surface area contributed by atoms with Crippen molar-refractivity contribution >= 4 is 12.4 Å². The molecular formula is C13H18ClN3. The van der Waals surface area contributed by atoms with Crippen molar-refractivity contribution in [3.05, 3.63) is 35.4 Å². The second kappa shape index (κ2) is 6.61. The van der Waals surface area contributed by atoms with Crippen LogP contribution in [0.25, 0.3) is 0 Å². The van der Waals surface area contributed by atoms with Gasteiger partial charge in [0.2, 0.25) is 0 Å². The first kappa shape index (κ1) is 14.0. The number of nitrogens with one attached hydrogen (secondary N) is 1. The molecule has 1 N–H and O–H groups in total. The number of hydrogen-bond acceptors (Lipinski definition) is 3. The van der Waals surface area contributed by atoms with Crippen LogP contribution in [0.3, 0.4) is 0 Å². The first-order chi connectivity index (χ1) is 7.79. The smallest absolute Gasteiger partial charge is 0.0991 e. The minimum absolute atomic E-state index is 0. The maximum absolute atomic E-state index is 8.72. The topological polar surface area (TPSA) is 39.1 Å². The molecule has 2 rings (SSSR count). The van der Waals surface area contributed by atoms with E-state index in [1.54, 1.807) is 0 Å². The third-order valence-electron chi connectivity index (χ3n) is 3.11. The van der Waals surface area contributed by atoms with E-state index < -0.39 is 0 Å². The van der Waals surface area contributed by atoms with Crippen LogP contribution in [0.15, 0.2) is 24.3 Å². The lowest BCUT2D eigenvalue weighted by atomic mass is 10.1. The van der Waals surface area contributed by atoms with Crippen molar-refractivity contribution in [1.82, 2.24) is 10.2 Å². The third kappa shape index (κ3) is 3.71. The van der Waals surface area contributed by atoms with Gasteiger partial charge in [-0.1, -0.05) is 12.1 Å². The largest absolute Gasteiger partial charge is 0.314 e. The van der Waals surface area contributed by atoms with Crippen LogP contribution in [0.1, 0.15) is 18.1 Å². The Bertz CT molecular complexity index is 383. The first-order valence-electron chi connectivity index (χ1n) is 5.73. The molecule has 0 amide bonds. The van der Waals surface area contributed by atoms with Crippen LogP contribution in [0.5, 0.6) is 0 Å². The number of halogens is 1. The van der Waals surface area contributed by atoms with E-state index in [0.29, 0.717) is 6.04 Å². The van der Waals surface area contributed by atoms with Gasteiger partial charge in [-0.05, 0) is 24.6 Å². The summed E-state index contributed by atoms with van der Waals surface area (Å²) >= 11 is 0. The Morgan fingerprint density at radius 1 is 1.41 bits per heavy atom. The van der Waals surface area contributed by atoms with Crippen LogP contribution in [0, 0.1) is 11.3 Å². The third-order valence-corrected chi connectivity index (χ3v) is 3.11. The van der Waals surface area contributed by atoms with Gasteiger partial charge in [0.05, 0.1) is 11.6 Å². The lowest BCUT2D eigenvalue weighted by Crippen LogP contribution is -2.49. The molecule has 1 atom stereocenters. The Balaban J connectivity index is 0.00000144. The van der Waals surface area contributed by atoms with E-state index >= 15 is 0 Å². The predicted octanol–water partition coefficient (Wildman–Crippen LogP) is 1.77. The summed E-state index contributed by atoms with van der Waals surface area (Å²) in [6.45, 7) is 6.46.